The molecule has 4 bridgehead atoms. The van der Waals surface area contributed by atoms with Crippen molar-refractivity contribution in [1.29, 1.82) is 0 Å². The van der Waals surface area contributed by atoms with Crippen LogP contribution < -0.4 is 4.72 Å². The number of nitrogens with one attached hydrogen (secondary N) is 1. The van der Waals surface area contributed by atoms with Crippen LogP contribution >= 0.6 is 15.9 Å². The SMILES string of the molecule is COC(=O)c1cc(Br)ccc1NS(=O)(=O)c1ccc(C23CC4CC(CC(C4)C2)C3)cc1. The van der Waals surface area contributed by atoms with Crippen LogP contribution in [-0.4, -0.2) is 21.5 Å². The molecule has 164 valence electrons. The van der Waals surface area contributed by atoms with Crippen molar-refractivity contribution in [3.8, 4) is 0 Å². The minimum atomic E-state index is -3.84. The third kappa shape index (κ3) is 3.80. The Labute approximate surface area is 191 Å². The second-order valence-electron chi connectivity index (χ2n) is 9.51. The van der Waals surface area contributed by atoms with E-state index in [1.807, 2.05) is 12.1 Å². The van der Waals surface area contributed by atoms with Gasteiger partial charge in [0.25, 0.3) is 10.0 Å². The van der Waals surface area contributed by atoms with Crippen molar-refractivity contribution in [2.75, 3.05) is 11.8 Å². The monoisotopic (exact) mass is 503 g/mol. The fourth-order valence-electron chi connectivity index (χ4n) is 6.54. The van der Waals surface area contributed by atoms with E-state index in [2.05, 4.69) is 20.7 Å². The van der Waals surface area contributed by atoms with Gasteiger partial charge in [0.1, 0.15) is 0 Å². The summed E-state index contributed by atoms with van der Waals surface area (Å²) >= 11 is 3.31. The number of methoxy groups -OCH3 is 1. The summed E-state index contributed by atoms with van der Waals surface area (Å²) in [5, 5.41) is 0. The van der Waals surface area contributed by atoms with Gasteiger partial charge in [-0.25, -0.2) is 13.2 Å². The first kappa shape index (κ1) is 21.0. The van der Waals surface area contributed by atoms with Gasteiger partial charge in [0, 0.05) is 4.47 Å². The predicted molar refractivity (Wildman–Crippen MR) is 123 cm³/mol. The Hall–Kier alpha value is -1.86. The summed E-state index contributed by atoms with van der Waals surface area (Å²) in [5.41, 5.74) is 1.86. The highest BCUT2D eigenvalue weighted by Gasteiger charge is 2.51. The third-order valence-corrected chi connectivity index (χ3v) is 9.32. The summed E-state index contributed by atoms with van der Waals surface area (Å²) in [6.45, 7) is 0. The van der Waals surface area contributed by atoms with Crippen molar-refractivity contribution >= 4 is 37.6 Å². The zero-order valence-electron chi connectivity index (χ0n) is 17.4. The Balaban J connectivity index is 1.41. The van der Waals surface area contributed by atoms with Gasteiger partial charge in [0.2, 0.25) is 0 Å². The fraction of sp³-hybridized carbons (Fsp3) is 0.458. The van der Waals surface area contributed by atoms with Crippen LogP contribution in [-0.2, 0) is 20.2 Å². The van der Waals surface area contributed by atoms with E-state index in [4.69, 9.17) is 4.74 Å². The molecule has 0 heterocycles. The smallest absolute Gasteiger partial charge is 0.340 e. The van der Waals surface area contributed by atoms with E-state index in [1.54, 1.807) is 30.3 Å². The lowest BCUT2D eigenvalue weighted by Crippen LogP contribution is -2.48. The first-order chi connectivity index (χ1) is 14.8. The summed E-state index contributed by atoms with van der Waals surface area (Å²) in [7, 11) is -2.57. The third-order valence-electron chi connectivity index (χ3n) is 7.45. The first-order valence-electron chi connectivity index (χ1n) is 10.8. The molecule has 1 N–H and O–H groups in total. The molecule has 0 spiro atoms. The highest BCUT2D eigenvalue weighted by Crippen LogP contribution is 2.60. The van der Waals surface area contributed by atoms with Crippen molar-refractivity contribution in [3.05, 3.63) is 58.1 Å². The van der Waals surface area contributed by atoms with Crippen molar-refractivity contribution in [1.82, 2.24) is 0 Å². The van der Waals surface area contributed by atoms with Crippen LogP contribution in [0, 0.1) is 17.8 Å². The molecule has 0 atom stereocenters. The number of carbonyl (C=O) groups is 1. The molecule has 0 saturated heterocycles. The molecule has 4 fully saturated rings. The summed E-state index contributed by atoms with van der Waals surface area (Å²) in [5.74, 6) is 1.91. The molecule has 4 saturated carbocycles. The molecule has 4 aliphatic rings. The number of ether oxygens (including phenoxy) is 1. The molecule has 0 radical (unpaired) electrons. The second kappa shape index (κ2) is 7.62. The van der Waals surface area contributed by atoms with Crippen LogP contribution in [0.3, 0.4) is 0 Å². The standard InChI is InChI=1S/C24H26BrNO4S/c1-30-23(27)21-11-19(25)4-7-22(21)26-31(28,29)20-5-2-18(3-6-20)24-12-15-8-16(13-24)10-17(9-15)14-24/h2-7,11,15-17,26H,8-10,12-14H2,1H3. The molecule has 0 unspecified atom stereocenters. The molecule has 6 rings (SSSR count). The highest BCUT2D eigenvalue weighted by atomic mass is 79.9. The second-order valence-corrected chi connectivity index (χ2v) is 12.1. The summed E-state index contributed by atoms with van der Waals surface area (Å²) < 4.78 is 34.1. The molecule has 5 nitrogen and oxygen atoms in total. The van der Waals surface area contributed by atoms with Gasteiger partial charge in [-0.05, 0) is 97.6 Å². The van der Waals surface area contributed by atoms with Gasteiger partial charge in [0.05, 0.1) is 23.3 Å². The molecule has 2 aromatic carbocycles. The zero-order chi connectivity index (χ0) is 21.8. The molecule has 0 aromatic heterocycles. The van der Waals surface area contributed by atoms with Crippen molar-refractivity contribution in [2.24, 2.45) is 17.8 Å². The molecule has 2 aromatic rings. The van der Waals surface area contributed by atoms with Crippen molar-refractivity contribution < 1.29 is 17.9 Å². The molecule has 4 aliphatic carbocycles. The van der Waals surface area contributed by atoms with Gasteiger partial charge >= 0.3 is 5.97 Å². The lowest BCUT2D eigenvalue weighted by molar-refractivity contribution is -0.00521. The van der Waals surface area contributed by atoms with Crippen LogP contribution in [0.1, 0.15) is 54.4 Å². The van der Waals surface area contributed by atoms with E-state index in [0.29, 0.717) is 4.47 Å². The highest BCUT2D eigenvalue weighted by molar-refractivity contribution is 9.10. The lowest BCUT2D eigenvalue weighted by atomic mass is 9.48. The average Bonchev–Trinajstić information content (AvgIpc) is 2.73. The zero-order valence-corrected chi connectivity index (χ0v) is 19.8. The number of anilines is 1. The van der Waals surface area contributed by atoms with E-state index in [9.17, 15) is 13.2 Å². The van der Waals surface area contributed by atoms with Gasteiger partial charge in [0.15, 0.2) is 0 Å². The average molecular weight is 504 g/mol. The molecule has 0 aliphatic heterocycles. The van der Waals surface area contributed by atoms with E-state index >= 15 is 0 Å². The largest absolute Gasteiger partial charge is 0.465 e. The quantitative estimate of drug-likeness (QED) is 0.546. The van der Waals surface area contributed by atoms with E-state index in [-0.39, 0.29) is 21.6 Å². The van der Waals surface area contributed by atoms with Gasteiger partial charge < -0.3 is 4.74 Å². The maximum Gasteiger partial charge on any atom is 0.340 e. The molecule has 31 heavy (non-hydrogen) atoms. The van der Waals surface area contributed by atoms with E-state index in [1.165, 1.54) is 51.2 Å². The number of benzene rings is 2. The van der Waals surface area contributed by atoms with Crippen LogP contribution in [0.25, 0.3) is 0 Å². The van der Waals surface area contributed by atoms with E-state index in [0.717, 1.165) is 17.8 Å². The van der Waals surface area contributed by atoms with Gasteiger partial charge in [-0.1, -0.05) is 28.1 Å². The molecule has 7 heteroatoms. The molecular formula is C24H26BrNO4S. The molecular weight excluding hydrogens is 478 g/mol. The maximum atomic E-state index is 13.0. The van der Waals surface area contributed by atoms with Crippen LogP contribution in [0.15, 0.2) is 51.8 Å². The minimum Gasteiger partial charge on any atom is -0.465 e. The van der Waals surface area contributed by atoms with Crippen LogP contribution in [0.5, 0.6) is 0 Å². The number of rotatable bonds is 5. The van der Waals surface area contributed by atoms with E-state index < -0.39 is 16.0 Å². The first-order valence-corrected chi connectivity index (χ1v) is 13.1. The van der Waals surface area contributed by atoms with Crippen LogP contribution in [0.4, 0.5) is 5.69 Å². The Morgan fingerprint density at radius 1 is 1.00 bits per heavy atom. The summed E-state index contributed by atoms with van der Waals surface area (Å²) in [4.78, 5) is 12.3. The lowest BCUT2D eigenvalue weighted by Gasteiger charge is -2.57. The van der Waals surface area contributed by atoms with Crippen molar-refractivity contribution in [3.63, 3.8) is 0 Å². The van der Waals surface area contributed by atoms with Crippen molar-refractivity contribution in [2.45, 2.75) is 48.8 Å². The molecule has 0 amide bonds. The number of sulfonamides is 1. The summed E-state index contributed by atoms with van der Waals surface area (Å²) in [6, 6.07) is 12.2. The fourth-order valence-corrected chi connectivity index (χ4v) is 7.98. The van der Waals surface area contributed by atoms with Gasteiger partial charge in [-0.3, -0.25) is 4.72 Å². The Morgan fingerprint density at radius 3 is 2.13 bits per heavy atom. The topological polar surface area (TPSA) is 72.5 Å². The van der Waals surface area contributed by atoms with Crippen LogP contribution in [0.2, 0.25) is 0 Å². The Morgan fingerprint density at radius 2 is 1.58 bits per heavy atom. The Kier molecular flexibility index (Phi) is 5.17. The number of esters is 1. The Bertz CT molecular complexity index is 1090. The number of carbonyl (C=O) groups excluding carboxylic acids is 1. The summed E-state index contributed by atoms with van der Waals surface area (Å²) in [6.07, 6.45) is 7.86. The number of hydrogen-bond donors (Lipinski definition) is 1. The minimum absolute atomic E-state index is 0.158. The predicted octanol–water partition coefficient (Wildman–Crippen LogP) is 5.50. The van der Waals surface area contributed by atoms with Gasteiger partial charge in [-0.15, -0.1) is 0 Å². The van der Waals surface area contributed by atoms with Gasteiger partial charge in [-0.2, -0.15) is 0 Å². The normalized spacial score (nSPS) is 29.0. The maximum absolute atomic E-state index is 13.0. The number of hydrogen-bond acceptors (Lipinski definition) is 4. The number of halogens is 1.